The molecule has 8 heteroatoms. The zero-order valence-corrected chi connectivity index (χ0v) is 13.9. The third kappa shape index (κ3) is 3.42. The second kappa shape index (κ2) is 6.37. The van der Waals surface area contributed by atoms with Crippen molar-refractivity contribution >= 4 is 16.1 Å². The second-order valence-electron chi connectivity index (χ2n) is 5.76. The summed E-state index contributed by atoms with van der Waals surface area (Å²) in [4.78, 5) is 13.7. The van der Waals surface area contributed by atoms with Crippen molar-refractivity contribution in [2.75, 3.05) is 26.2 Å². The summed E-state index contributed by atoms with van der Waals surface area (Å²) in [5.41, 5.74) is 0.920. The van der Waals surface area contributed by atoms with Gasteiger partial charge in [0.2, 0.25) is 10.0 Å². The molecular formula is C15H21N3O4S. The van der Waals surface area contributed by atoms with E-state index in [0.29, 0.717) is 32.7 Å². The maximum absolute atomic E-state index is 12.5. The predicted molar refractivity (Wildman–Crippen MR) is 85.0 cm³/mol. The van der Waals surface area contributed by atoms with E-state index in [2.05, 4.69) is 10.0 Å². The van der Waals surface area contributed by atoms with Crippen molar-refractivity contribution in [2.45, 2.75) is 30.7 Å². The molecule has 1 fully saturated rings. The van der Waals surface area contributed by atoms with Gasteiger partial charge >= 0.3 is 6.03 Å². The fourth-order valence-corrected chi connectivity index (χ4v) is 4.23. The first kappa shape index (κ1) is 16.1. The number of likely N-dealkylation sites (tertiary alicyclic amines) is 1. The number of sulfonamides is 1. The molecule has 3 rings (SSSR count). The molecule has 0 spiro atoms. The Balaban J connectivity index is 1.66. The van der Waals surface area contributed by atoms with E-state index >= 15 is 0 Å². The number of fused-ring (bicyclic) bond motifs is 1. The first-order valence-corrected chi connectivity index (χ1v) is 9.29. The van der Waals surface area contributed by atoms with Gasteiger partial charge in [-0.1, -0.05) is 0 Å². The minimum atomic E-state index is -3.59. The van der Waals surface area contributed by atoms with Crippen LogP contribution in [0.1, 0.15) is 18.9 Å². The summed E-state index contributed by atoms with van der Waals surface area (Å²) in [5.74, 6) is 0.757. The highest BCUT2D eigenvalue weighted by Crippen LogP contribution is 2.27. The minimum Gasteiger partial charge on any atom is -0.493 e. The van der Waals surface area contributed by atoms with Crippen molar-refractivity contribution < 1.29 is 17.9 Å². The number of carbonyl (C=O) groups excluding carboxylic acids is 1. The number of urea groups is 1. The van der Waals surface area contributed by atoms with Crippen molar-refractivity contribution in [3.8, 4) is 5.75 Å². The third-order valence-corrected chi connectivity index (χ3v) is 5.61. The van der Waals surface area contributed by atoms with Crippen LogP contribution < -0.4 is 14.8 Å². The highest BCUT2D eigenvalue weighted by molar-refractivity contribution is 7.89. The van der Waals surface area contributed by atoms with Crippen LogP contribution in [0.4, 0.5) is 4.79 Å². The first-order chi connectivity index (χ1) is 11.0. The molecule has 0 aromatic heterocycles. The van der Waals surface area contributed by atoms with Crippen LogP contribution in [0.25, 0.3) is 0 Å². The Bertz CT molecular complexity index is 705. The Morgan fingerprint density at radius 1 is 1.43 bits per heavy atom. The summed E-state index contributed by atoms with van der Waals surface area (Å²) in [6.07, 6.45) is 1.34. The molecule has 2 aliphatic rings. The predicted octanol–water partition coefficient (Wildman–Crippen LogP) is 0.704. The molecule has 1 atom stereocenters. The van der Waals surface area contributed by atoms with Crippen molar-refractivity contribution in [1.82, 2.24) is 14.9 Å². The number of hydrogen-bond donors (Lipinski definition) is 2. The number of benzene rings is 1. The quantitative estimate of drug-likeness (QED) is 0.845. The highest BCUT2D eigenvalue weighted by Gasteiger charge is 2.30. The van der Waals surface area contributed by atoms with Crippen molar-refractivity contribution in [1.29, 1.82) is 0 Å². The summed E-state index contributed by atoms with van der Waals surface area (Å²) in [6, 6.07) is 4.52. The molecule has 126 valence electrons. The molecule has 7 nitrogen and oxygen atoms in total. The van der Waals surface area contributed by atoms with E-state index in [1.807, 2.05) is 6.92 Å². The molecule has 2 heterocycles. The van der Waals surface area contributed by atoms with Gasteiger partial charge in [-0.25, -0.2) is 17.9 Å². The van der Waals surface area contributed by atoms with Crippen LogP contribution in [0.3, 0.4) is 0 Å². The van der Waals surface area contributed by atoms with E-state index in [-0.39, 0.29) is 17.0 Å². The Kier molecular flexibility index (Phi) is 4.45. The van der Waals surface area contributed by atoms with Crippen LogP contribution in [0.2, 0.25) is 0 Å². The zero-order chi connectivity index (χ0) is 16.4. The van der Waals surface area contributed by atoms with E-state index in [1.165, 1.54) is 0 Å². The topological polar surface area (TPSA) is 87.7 Å². The summed E-state index contributed by atoms with van der Waals surface area (Å²) in [5, 5.41) is 2.73. The summed E-state index contributed by atoms with van der Waals surface area (Å²) < 4.78 is 33.1. The van der Waals surface area contributed by atoms with Gasteiger partial charge in [0.05, 0.1) is 11.5 Å². The zero-order valence-electron chi connectivity index (χ0n) is 13.0. The molecule has 1 unspecified atom stereocenters. The monoisotopic (exact) mass is 339 g/mol. The minimum absolute atomic E-state index is 0.149. The van der Waals surface area contributed by atoms with Gasteiger partial charge in [-0.2, -0.15) is 0 Å². The summed E-state index contributed by atoms with van der Waals surface area (Å²) in [7, 11) is -3.59. The lowest BCUT2D eigenvalue weighted by atomic mass is 10.2. The molecule has 2 amide bonds. The fourth-order valence-electron chi connectivity index (χ4n) is 2.92. The van der Waals surface area contributed by atoms with E-state index in [0.717, 1.165) is 17.7 Å². The third-order valence-electron chi connectivity index (χ3n) is 4.10. The molecule has 2 aliphatic heterocycles. The number of rotatable bonds is 4. The average molecular weight is 339 g/mol. The molecule has 0 saturated carbocycles. The number of carbonyl (C=O) groups is 1. The molecule has 2 N–H and O–H groups in total. The Hall–Kier alpha value is -1.80. The molecule has 23 heavy (non-hydrogen) atoms. The van der Waals surface area contributed by atoms with Gasteiger partial charge in [0, 0.05) is 32.1 Å². The molecule has 0 bridgehead atoms. The maximum atomic E-state index is 12.5. The number of hydrogen-bond acceptors (Lipinski definition) is 4. The normalized spacial score (nSPS) is 20.2. The van der Waals surface area contributed by atoms with Crippen LogP contribution in [0.5, 0.6) is 5.75 Å². The second-order valence-corrected chi connectivity index (χ2v) is 7.47. The Morgan fingerprint density at radius 3 is 3.04 bits per heavy atom. The number of nitrogens with zero attached hydrogens (tertiary/aromatic N) is 1. The van der Waals surface area contributed by atoms with E-state index < -0.39 is 10.0 Å². The molecule has 0 radical (unpaired) electrons. The number of amides is 2. The van der Waals surface area contributed by atoms with Gasteiger partial charge in [-0.15, -0.1) is 0 Å². The number of nitrogens with one attached hydrogen (secondary N) is 2. The van der Waals surface area contributed by atoms with E-state index in [4.69, 9.17) is 4.74 Å². The summed E-state index contributed by atoms with van der Waals surface area (Å²) in [6.45, 7) is 3.95. The van der Waals surface area contributed by atoms with Crippen LogP contribution in [-0.2, 0) is 16.4 Å². The highest BCUT2D eigenvalue weighted by atomic mass is 32.2. The SMILES string of the molecule is CCNC(=O)N1CCC(NS(=O)(=O)c2ccc3c(c2)CCO3)C1. The van der Waals surface area contributed by atoms with Crippen molar-refractivity contribution in [3.63, 3.8) is 0 Å². The molecule has 1 aromatic carbocycles. The molecular weight excluding hydrogens is 318 g/mol. The molecule has 0 aliphatic carbocycles. The fraction of sp³-hybridized carbons (Fsp3) is 0.533. The van der Waals surface area contributed by atoms with Gasteiger partial charge < -0.3 is 15.0 Å². The van der Waals surface area contributed by atoms with E-state index in [1.54, 1.807) is 23.1 Å². The van der Waals surface area contributed by atoms with Gasteiger partial charge in [0.15, 0.2) is 0 Å². The first-order valence-electron chi connectivity index (χ1n) is 7.80. The lowest BCUT2D eigenvalue weighted by Gasteiger charge is -2.17. The van der Waals surface area contributed by atoms with Crippen LogP contribution in [0.15, 0.2) is 23.1 Å². The Labute approximate surface area is 136 Å². The Morgan fingerprint density at radius 2 is 2.26 bits per heavy atom. The standard InChI is InChI=1S/C15H21N3O4S/c1-2-16-15(19)18-7-5-12(10-18)17-23(20,21)13-3-4-14-11(9-13)6-8-22-14/h3-4,9,12,17H,2,5-8,10H2,1H3,(H,16,19). The largest absolute Gasteiger partial charge is 0.493 e. The van der Waals surface area contributed by atoms with Crippen LogP contribution >= 0.6 is 0 Å². The molecule has 1 saturated heterocycles. The summed E-state index contributed by atoms with van der Waals surface area (Å²) >= 11 is 0. The van der Waals surface area contributed by atoms with Gasteiger partial charge in [0.25, 0.3) is 0 Å². The average Bonchev–Trinajstić information content (AvgIpc) is 3.15. The molecule has 1 aromatic rings. The van der Waals surface area contributed by atoms with Crippen molar-refractivity contribution in [2.24, 2.45) is 0 Å². The van der Waals surface area contributed by atoms with Crippen molar-refractivity contribution in [3.05, 3.63) is 23.8 Å². The smallest absolute Gasteiger partial charge is 0.317 e. The van der Waals surface area contributed by atoms with Gasteiger partial charge in [-0.3, -0.25) is 0 Å². The maximum Gasteiger partial charge on any atom is 0.317 e. The van der Waals surface area contributed by atoms with Crippen LogP contribution in [-0.4, -0.2) is 51.6 Å². The van der Waals surface area contributed by atoms with Gasteiger partial charge in [-0.05, 0) is 37.1 Å². The van der Waals surface area contributed by atoms with Gasteiger partial charge in [0.1, 0.15) is 5.75 Å². The van der Waals surface area contributed by atoms with Crippen LogP contribution in [0, 0.1) is 0 Å². The lowest BCUT2D eigenvalue weighted by Crippen LogP contribution is -2.42. The van der Waals surface area contributed by atoms with E-state index in [9.17, 15) is 13.2 Å². The lowest BCUT2D eigenvalue weighted by molar-refractivity contribution is 0.208. The number of ether oxygens (including phenoxy) is 1.